The second-order valence-corrected chi connectivity index (χ2v) is 2.07. The molecule has 0 amide bonds. The van der Waals surface area contributed by atoms with Crippen LogP contribution >= 0.6 is 0 Å². The molecule has 0 aliphatic rings. The van der Waals surface area contributed by atoms with Crippen LogP contribution in [0, 0.1) is 0 Å². The molecule has 8 N–H and O–H groups in total. The first-order valence-corrected chi connectivity index (χ1v) is 2.82. The third-order valence-corrected chi connectivity index (χ3v) is 1.35. The first-order chi connectivity index (χ1) is 4.63. The molecular formula is C6H10N4Pt. The number of nitrogen functional groups attached to an aromatic ring is 4. The van der Waals surface area contributed by atoms with E-state index in [4.69, 9.17) is 22.9 Å². The van der Waals surface area contributed by atoms with Gasteiger partial charge in [-0.15, -0.1) is 0 Å². The van der Waals surface area contributed by atoms with Crippen LogP contribution < -0.4 is 22.9 Å². The maximum absolute atomic E-state index is 5.45. The van der Waals surface area contributed by atoms with Gasteiger partial charge in [0, 0.05) is 21.1 Å². The normalized spacial score (nSPS) is 8.73. The van der Waals surface area contributed by atoms with E-state index in [2.05, 4.69) is 0 Å². The molecule has 0 radical (unpaired) electrons. The van der Waals surface area contributed by atoms with Crippen LogP contribution in [0.4, 0.5) is 22.7 Å². The number of rotatable bonds is 0. The van der Waals surface area contributed by atoms with Crippen LogP contribution in [0.15, 0.2) is 12.1 Å². The van der Waals surface area contributed by atoms with E-state index in [1.807, 2.05) is 0 Å². The molecule has 0 saturated carbocycles. The van der Waals surface area contributed by atoms with Crippen LogP contribution in [0.2, 0.25) is 0 Å². The molecule has 1 rings (SSSR count). The smallest absolute Gasteiger partial charge is 0.0802 e. The van der Waals surface area contributed by atoms with Crippen molar-refractivity contribution >= 4 is 22.7 Å². The van der Waals surface area contributed by atoms with Crippen LogP contribution in [0.1, 0.15) is 0 Å². The SMILES string of the molecule is Nc1ccc(N)c(N)c1N.[Pt]. The average Bonchev–Trinajstić information content (AvgIpc) is 1.93. The van der Waals surface area contributed by atoms with Gasteiger partial charge in [-0.2, -0.15) is 0 Å². The van der Waals surface area contributed by atoms with E-state index < -0.39 is 0 Å². The van der Waals surface area contributed by atoms with E-state index in [1.54, 1.807) is 12.1 Å². The minimum atomic E-state index is 0. The molecule has 1 aromatic rings. The van der Waals surface area contributed by atoms with Gasteiger partial charge >= 0.3 is 0 Å². The number of hydrogen-bond donors (Lipinski definition) is 4. The zero-order valence-electron chi connectivity index (χ0n) is 5.78. The van der Waals surface area contributed by atoms with Gasteiger partial charge in [-0.05, 0) is 12.1 Å². The van der Waals surface area contributed by atoms with Crippen molar-refractivity contribution in [2.45, 2.75) is 0 Å². The van der Waals surface area contributed by atoms with Crippen LogP contribution in [-0.4, -0.2) is 0 Å². The fourth-order valence-electron chi connectivity index (χ4n) is 0.670. The van der Waals surface area contributed by atoms with Crippen molar-refractivity contribution in [3.05, 3.63) is 12.1 Å². The largest absolute Gasteiger partial charge is 0.397 e. The molecule has 5 heteroatoms. The minimum absolute atomic E-state index is 0. The fourth-order valence-corrected chi connectivity index (χ4v) is 0.670. The quantitative estimate of drug-likeness (QED) is 0.502. The van der Waals surface area contributed by atoms with Gasteiger partial charge in [0.25, 0.3) is 0 Å². The van der Waals surface area contributed by atoms with Crippen molar-refractivity contribution in [1.29, 1.82) is 0 Å². The molecule has 0 aliphatic heterocycles. The summed E-state index contributed by atoms with van der Waals surface area (Å²) in [4.78, 5) is 0. The van der Waals surface area contributed by atoms with Crippen molar-refractivity contribution in [1.82, 2.24) is 0 Å². The maximum Gasteiger partial charge on any atom is 0.0802 e. The van der Waals surface area contributed by atoms with E-state index >= 15 is 0 Å². The van der Waals surface area contributed by atoms with Crippen molar-refractivity contribution in [3.8, 4) is 0 Å². The predicted molar refractivity (Wildman–Crippen MR) is 44.1 cm³/mol. The Morgan fingerprint density at radius 2 is 1.00 bits per heavy atom. The Hall–Kier alpha value is -0.892. The van der Waals surface area contributed by atoms with Crippen LogP contribution in [0.5, 0.6) is 0 Å². The first kappa shape index (κ1) is 10.1. The first-order valence-electron chi connectivity index (χ1n) is 2.82. The average molecular weight is 333 g/mol. The summed E-state index contributed by atoms with van der Waals surface area (Å²) in [5, 5.41) is 0. The number of hydrogen-bond acceptors (Lipinski definition) is 4. The second kappa shape index (κ2) is 3.49. The Kier molecular flexibility index (Phi) is 3.20. The molecule has 0 spiro atoms. The van der Waals surface area contributed by atoms with Crippen LogP contribution in [0.3, 0.4) is 0 Å². The summed E-state index contributed by atoms with van der Waals surface area (Å²) in [5.41, 5.74) is 23.4. The standard InChI is InChI=1S/C6H10N4.Pt/c7-3-1-2-4(8)6(10)5(3)9;/h1-2H,7-10H2;. The number of nitrogens with two attached hydrogens (primary N) is 4. The minimum Gasteiger partial charge on any atom is -0.397 e. The second-order valence-electron chi connectivity index (χ2n) is 2.07. The summed E-state index contributed by atoms with van der Waals surface area (Å²) >= 11 is 0. The third kappa shape index (κ3) is 1.77. The van der Waals surface area contributed by atoms with Gasteiger partial charge in [0.1, 0.15) is 0 Å². The van der Waals surface area contributed by atoms with Crippen LogP contribution in [0.25, 0.3) is 0 Å². The maximum atomic E-state index is 5.45. The molecule has 0 aromatic heterocycles. The molecular weight excluding hydrogens is 323 g/mol. The van der Waals surface area contributed by atoms with E-state index in [0.717, 1.165) is 0 Å². The van der Waals surface area contributed by atoms with E-state index in [-0.39, 0.29) is 21.1 Å². The van der Waals surface area contributed by atoms with Crippen molar-refractivity contribution in [2.75, 3.05) is 22.9 Å². The van der Waals surface area contributed by atoms with Gasteiger partial charge in [0.05, 0.1) is 22.7 Å². The Balaban J connectivity index is 0.000001000. The van der Waals surface area contributed by atoms with Crippen molar-refractivity contribution < 1.29 is 21.1 Å². The van der Waals surface area contributed by atoms with E-state index in [1.165, 1.54) is 0 Å². The Labute approximate surface area is 79.2 Å². The van der Waals surface area contributed by atoms with Gasteiger partial charge in [-0.25, -0.2) is 0 Å². The Morgan fingerprint density at radius 1 is 0.727 bits per heavy atom. The molecule has 64 valence electrons. The van der Waals surface area contributed by atoms with Gasteiger partial charge in [-0.1, -0.05) is 0 Å². The van der Waals surface area contributed by atoms with Crippen molar-refractivity contribution in [2.24, 2.45) is 0 Å². The molecule has 0 unspecified atom stereocenters. The summed E-state index contributed by atoms with van der Waals surface area (Å²) in [6.45, 7) is 0. The molecule has 0 bridgehead atoms. The number of anilines is 4. The van der Waals surface area contributed by atoms with Crippen molar-refractivity contribution in [3.63, 3.8) is 0 Å². The monoisotopic (exact) mass is 333 g/mol. The zero-order chi connectivity index (χ0) is 7.72. The molecule has 0 heterocycles. The topological polar surface area (TPSA) is 104 Å². The number of benzene rings is 1. The molecule has 0 fully saturated rings. The molecule has 0 aliphatic carbocycles. The Bertz CT molecular complexity index is 234. The zero-order valence-corrected chi connectivity index (χ0v) is 8.05. The van der Waals surface area contributed by atoms with Gasteiger partial charge in [-0.3, -0.25) is 0 Å². The molecule has 11 heavy (non-hydrogen) atoms. The molecule has 0 atom stereocenters. The summed E-state index contributed by atoms with van der Waals surface area (Å²) < 4.78 is 0. The molecule has 4 nitrogen and oxygen atoms in total. The summed E-state index contributed by atoms with van der Waals surface area (Å²) in [5.74, 6) is 0. The molecule has 1 aromatic carbocycles. The van der Waals surface area contributed by atoms with Gasteiger partial charge in [0.2, 0.25) is 0 Å². The predicted octanol–water partition coefficient (Wildman–Crippen LogP) is 0.0129. The van der Waals surface area contributed by atoms with Gasteiger partial charge < -0.3 is 22.9 Å². The molecule has 0 saturated heterocycles. The van der Waals surface area contributed by atoms with Gasteiger partial charge in [0.15, 0.2) is 0 Å². The Morgan fingerprint density at radius 3 is 1.27 bits per heavy atom. The van der Waals surface area contributed by atoms with Crippen LogP contribution in [-0.2, 0) is 21.1 Å². The fraction of sp³-hybridized carbons (Fsp3) is 0. The summed E-state index contributed by atoms with van der Waals surface area (Å²) in [6.07, 6.45) is 0. The summed E-state index contributed by atoms with van der Waals surface area (Å²) in [6, 6.07) is 3.25. The third-order valence-electron chi connectivity index (χ3n) is 1.35. The van der Waals surface area contributed by atoms with E-state index in [0.29, 0.717) is 22.7 Å². The van der Waals surface area contributed by atoms with E-state index in [9.17, 15) is 0 Å². The summed E-state index contributed by atoms with van der Waals surface area (Å²) in [7, 11) is 0.